The standard InChI is InChI=1S/C22H36N2O6.C13H15NO3/c1-14(2)19(23)21(29)30-17-6-10-24(11-7-17)18(26)12-16(20(27)28)13-22(15(3)25)8-4-5-9-22;1-9-6-7-10-4-2-3-5-11(10)14(13(9)17)8-12(15)16/h14,16-17,19H,4-13,23H2,1-3H3,(H,27,28);2-5,9H,6-8H2,1H3,(H,15,16). The summed E-state index contributed by atoms with van der Waals surface area (Å²) in [6.07, 6.45) is 5.71. The molecule has 1 aromatic carbocycles. The number of carbonyl (C=O) groups excluding carboxylic acids is 4. The molecule has 3 aliphatic rings. The number of nitrogens with two attached hydrogens (primary N) is 1. The summed E-state index contributed by atoms with van der Waals surface area (Å²) in [6, 6.07) is 6.85. The molecule has 1 saturated heterocycles. The van der Waals surface area contributed by atoms with Crippen molar-refractivity contribution in [2.24, 2.45) is 28.9 Å². The number of carboxylic acid groups (broad SMARTS) is 2. The molecule has 0 radical (unpaired) electrons. The highest BCUT2D eigenvalue weighted by Crippen LogP contribution is 2.44. The lowest BCUT2D eigenvalue weighted by Crippen LogP contribution is -2.45. The Balaban J connectivity index is 0.000000297. The number of benzene rings is 1. The highest BCUT2D eigenvalue weighted by atomic mass is 16.5. The van der Waals surface area contributed by atoms with E-state index in [2.05, 4.69) is 0 Å². The van der Waals surface area contributed by atoms with Crippen molar-refractivity contribution >= 4 is 41.2 Å². The Morgan fingerprint density at radius 3 is 2.19 bits per heavy atom. The van der Waals surface area contributed by atoms with Crippen molar-refractivity contribution in [1.29, 1.82) is 0 Å². The molecule has 12 heteroatoms. The topological polar surface area (TPSA) is 185 Å². The van der Waals surface area contributed by atoms with Crippen LogP contribution in [0, 0.1) is 23.2 Å². The molecule has 1 saturated carbocycles. The minimum absolute atomic E-state index is 0.00900. The minimum atomic E-state index is -1.03. The third kappa shape index (κ3) is 10.1. The van der Waals surface area contributed by atoms with E-state index in [4.69, 9.17) is 15.6 Å². The van der Waals surface area contributed by atoms with Crippen molar-refractivity contribution in [3.05, 3.63) is 29.8 Å². The molecule has 4 rings (SSSR count). The number of esters is 1. The van der Waals surface area contributed by atoms with Crippen LogP contribution in [0.4, 0.5) is 5.69 Å². The molecule has 0 bridgehead atoms. The summed E-state index contributed by atoms with van der Waals surface area (Å²) < 4.78 is 5.46. The Hall–Kier alpha value is -3.80. The summed E-state index contributed by atoms with van der Waals surface area (Å²) >= 11 is 0. The van der Waals surface area contributed by atoms with E-state index in [0.29, 0.717) is 38.8 Å². The quantitative estimate of drug-likeness (QED) is 0.296. The maximum absolute atomic E-state index is 12.7. The van der Waals surface area contributed by atoms with E-state index in [9.17, 15) is 33.9 Å². The van der Waals surface area contributed by atoms with E-state index < -0.39 is 35.3 Å². The molecular formula is C35H51N3O9. The Morgan fingerprint density at radius 1 is 1.02 bits per heavy atom. The molecule has 3 atom stereocenters. The third-order valence-electron chi connectivity index (χ3n) is 9.89. The van der Waals surface area contributed by atoms with Gasteiger partial charge in [0.15, 0.2) is 0 Å². The van der Waals surface area contributed by atoms with E-state index in [-0.39, 0.29) is 54.9 Å². The van der Waals surface area contributed by atoms with E-state index >= 15 is 0 Å². The first-order chi connectivity index (χ1) is 22.1. The zero-order valence-electron chi connectivity index (χ0n) is 28.1. The van der Waals surface area contributed by atoms with Crippen LogP contribution in [0.25, 0.3) is 0 Å². The fourth-order valence-electron chi connectivity index (χ4n) is 6.71. The fraction of sp³-hybridized carbons (Fsp3) is 0.657. The summed E-state index contributed by atoms with van der Waals surface area (Å²) in [7, 11) is 0. The van der Waals surface area contributed by atoms with Crippen LogP contribution in [0.5, 0.6) is 0 Å². The normalized spacial score (nSPS) is 20.7. The van der Waals surface area contributed by atoms with Gasteiger partial charge in [0.1, 0.15) is 24.5 Å². The number of anilines is 1. The largest absolute Gasteiger partial charge is 0.481 e. The molecule has 1 aromatic rings. The van der Waals surface area contributed by atoms with Gasteiger partial charge in [-0.2, -0.15) is 0 Å². The molecule has 2 aliphatic heterocycles. The van der Waals surface area contributed by atoms with Crippen LogP contribution >= 0.6 is 0 Å². The molecule has 2 fully saturated rings. The van der Waals surface area contributed by atoms with Gasteiger partial charge in [0.05, 0.1) is 5.92 Å². The maximum Gasteiger partial charge on any atom is 0.323 e. The molecule has 2 amide bonds. The van der Waals surface area contributed by atoms with Crippen LogP contribution in [-0.4, -0.2) is 82.4 Å². The van der Waals surface area contributed by atoms with Crippen molar-refractivity contribution in [2.75, 3.05) is 24.5 Å². The van der Waals surface area contributed by atoms with Crippen molar-refractivity contribution in [3.63, 3.8) is 0 Å². The van der Waals surface area contributed by atoms with Crippen molar-refractivity contribution in [3.8, 4) is 0 Å². The Morgan fingerprint density at radius 2 is 1.64 bits per heavy atom. The summed E-state index contributed by atoms with van der Waals surface area (Å²) in [4.78, 5) is 74.7. The number of nitrogens with zero attached hydrogens (tertiary/aromatic N) is 2. The lowest BCUT2D eigenvalue weighted by Gasteiger charge is -2.34. The predicted octanol–water partition coefficient (Wildman–Crippen LogP) is 3.82. The lowest BCUT2D eigenvalue weighted by molar-refractivity contribution is -0.156. The van der Waals surface area contributed by atoms with Crippen LogP contribution in [0.3, 0.4) is 0 Å². The summed E-state index contributed by atoms with van der Waals surface area (Å²) in [6.45, 7) is 7.66. The van der Waals surface area contributed by atoms with Crippen LogP contribution in [0.1, 0.15) is 91.0 Å². The average molecular weight is 658 g/mol. The van der Waals surface area contributed by atoms with E-state index in [0.717, 1.165) is 36.9 Å². The number of carbonyl (C=O) groups is 6. The summed E-state index contributed by atoms with van der Waals surface area (Å²) in [5.41, 5.74) is 7.01. The number of hydrogen-bond donors (Lipinski definition) is 3. The number of likely N-dealkylation sites (tertiary alicyclic amines) is 1. The van der Waals surface area contributed by atoms with Crippen LogP contribution in [0.2, 0.25) is 0 Å². The number of carboxylic acids is 2. The molecule has 3 unspecified atom stereocenters. The minimum Gasteiger partial charge on any atom is -0.481 e. The van der Waals surface area contributed by atoms with Crippen LogP contribution < -0.4 is 10.6 Å². The predicted molar refractivity (Wildman–Crippen MR) is 174 cm³/mol. The first kappa shape index (κ1) is 37.7. The van der Waals surface area contributed by atoms with E-state index in [1.165, 1.54) is 11.8 Å². The smallest absolute Gasteiger partial charge is 0.323 e. The molecule has 0 aromatic heterocycles. The average Bonchev–Trinajstić information content (AvgIpc) is 3.48. The molecule has 0 spiro atoms. The van der Waals surface area contributed by atoms with Gasteiger partial charge < -0.3 is 30.5 Å². The monoisotopic (exact) mass is 657 g/mol. The third-order valence-corrected chi connectivity index (χ3v) is 9.89. The maximum atomic E-state index is 12.7. The number of piperidine rings is 1. The van der Waals surface area contributed by atoms with Gasteiger partial charge in [0.2, 0.25) is 11.8 Å². The Kier molecular flexibility index (Phi) is 13.5. The Labute approximate surface area is 277 Å². The van der Waals surface area contributed by atoms with Crippen molar-refractivity contribution < 1.29 is 43.7 Å². The number of hydrogen-bond acceptors (Lipinski definition) is 8. The number of ketones is 1. The van der Waals surface area contributed by atoms with Gasteiger partial charge in [-0.25, -0.2) is 0 Å². The lowest BCUT2D eigenvalue weighted by atomic mass is 9.74. The second kappa shape index (κ2) is 16.9. The molecule has 12 nitrogen and oxygen atoms in total. The number of amides is 2. The van der Waals surface area contributed by atoms with Gasteiger partial charge in [0.25, 0.3) is 0 Å². The summed E-state index contributed by atoms with van der Waals surface area (Å²) in [5.74, 6) is -3.72. The van der Waals surface area contributed by atoms with Crippen LogP contribution in [0.15, 0.2) is 24.3 Å². The number of fused-ring (bicyclic) bond motifs is 1. The highest BCUT2D eigenvalue weighted by molar-refractivity contribution is 5.99. The van der Waals surface area contributed by atoms with Gasteiger partial charge in [0, 0.05) is 49.4 Å². The number of aryl methyl sites for hydroxylation is 1. The fourth-order valence-corrected chi connectivity index (χ4v) is 6.71. The second-order valence-corrected chi connectivity index (χ2v) is 13.7. The number of ether oxygens (including phenoxy) is 1. The molecule has 2 heterocycles. The molecule has 260 valence electrons. The van der Waals surface area contributed by atoms with Gasteiger partial charge >= 0.3 is 17.9 Å². The number of para-hydroxylation sites is 1. The zero-order chi connectivity index (χ0) is 34.9. The van der Waals surface area contributed by atoms with Gasteiger partial charge in [-0.1, -0.05) is 51.8 Å². The van der Waals surface area contributed by atoms with E-state index in [1.54, 1.807) is 4.90 Å². The first-order valence-electron chi connectivity index (χ1n) is 16.7. The van der Waals surface area contributed by atoms with Gasteiger partial charge in [-0.15, -0.1) is 0 Å². The van der Waals surface area contributed by atoms with Crippen molar-refractivity contribution in [1.82, 2.24) is 4.90 Å². The number of rotatable bonds is 11. The Bertz CT molecular complexity index is 1300. The van der Waals surface area contributed by atoms with Crippen LogP contribution in [-0.2, 0) is 39.9 Å². The first-order valence-corrected chi connectivity index (χ1v) is 16.7. The number of aliphatic carboxylic acids is 2. The molecule has 47 heavy (non-hydrogen) atoms. The zero-order valence-corrected chi connectivity index (χ0v) is 28.1. The molecular weight excluding hydrogens is 606 g/mol. The molecule has 1 aliphatic carbocycles. The van der Waals surface area contributed by atoms with Crippen molar-refractivity contribution in [2.45, 2.75) is 104 Å². The second-order valence-electron chi connectivity index (χ2n) is 13.7. The SMILES string of the molecule is CC(=O)C1(CC(CC(=O)N2CCC(OC(=O)C(N)C(C)C)CC2)C(=O)O)CCCC1.CC1CCc2ccccc2N(CC(=O)O)C1=O. The molecule has 4 N–H and O–H groups in total. The van der Waals surface area contributed by atoms with Gasteiger partial charge in [-0.3, -0.25) is 28.8 Å². The highest BCUT2D eigenvalue weighted by Gasteiger charge is 2.43. The van der Waals surface area contributed by atoms with Gasteiger partial charge in [-0.05, 0) is 56.6 Å². The number of Topliss-reactive ketones (excluding diaryl/α,β-unsaturated/α-hetero) is 1. The van der Waals surface area contributed by atoms with E-state index in [1.807, 2.05) is 45.0 Å². The summed E-state index contributed by atoms with van der Waals surface area (Å²) in [5, 5.41) is 18.6.